The van der Waals surface area contributed by atoms with Crippen LogP contribution in [0.2, 0.25) is 0 Å². The lowest BCUT2D eigenvalue weighted by Gasteiger charge is -2.32. The Hall–Kier alpha value is -2.68. The number of H-pyrrole nitrogens is 1. The molecule has 132 valence electrons. The highest BCUT2D eigenvalue weighted by molar-refractivity contribution is 5.95. The third-order valence-electron chi connectivity index (χ3n) is 4.84. The van der Waals surface area contributed by atoms with Crippen LogP contribution in [0, 0.1) is 0 Å². The smallest absolute Gasteiger partial charge is 0.329 e. The molecule has 0 saturated heterocycles. The topological polar surface area (TPSA) is 96.3 Å². The van der Waals surface area contributed by atoms with Crippen LogP contribution in [0.3, 0.4) is 0 Å². The van der Waals surface area contributed by atoms with Gasteiger partial charge in [0.2, 0.25) is 0 Å². The van der Waals surface area contributed by atoms with Gasteiger partial charge in [0, 0.05) is 19.5 Å². The van der Waals surface area contributed by atoms with Gasteiger partial charge in [0.25, 0.3) is 5.91 Å². The second-order valence-electron chi connectivity index (χ2n) is 6.49. The van der Waals surface area contributed by atoms with Crippen molar-refractivity contribution in [3.8, 4) is 0 Å². The van der Waals surface area contributed by atoms with Gasteiger partial charge in [-0.15, -0.1) is 0 Å². The van der Waals surface area contributed by atoms with Crippen LogP contribution in [-0.2, 0) is 35.6 Å². The number of likely N-dealkylation sites (N-methyl/N-ethyl adjacent to an activating group) is 1. The fourth-order valence-electron chi connectivity index (χ4n) is 3.44. The van der Waals surface area contributed by atoms with E-state index in [2.05, 4.69) is 20.0 Å². The third kappa shape index (κ3) is 2.70. The van der Waals surface area contributed by atoms with Crippen molar-refractivity contribution in [3.05, 3.63) is 35.2 Å². The largest absolute Gasteiger partial charge is 0.467 e. The Kier molecular flexibility index (Phi) is 3.79. The molecule has 9 nitrogen and oxygen atoms in total. The zero-order valence-corrected chi connectivity index (χ0v) is 14.2. The Morgan fingerprint density at radius 2 is 2.16 bits per heavy atom. The van der Waals surface area contributed by atoms with Gasteiger partial charge in [-0.25, -0.2) is 9.78 Å². The zero-order valence-electron chi connectivity index (χ0n) is 14.2. The van der Waals surface area contributed by atoms with Crippen molar-refractivity contribution < 1.29 is 14.3 Å². The van der Waals surface area contributed by atoms with Gasteiger partial charge < -0.3 is 14.6 Å². The summed E-state index contributed by atoms with van der Waals surface area (Å²) in [7, 11) is 3.37. The molecule has 25 heavy (non-hydrogen) atoms. The number of carbonyl (C=O) groups is 2. The van der Waals surface area contributed by atoms with Gasteiger partial charge in [0.15, 0.2) is 5.69 Å². The highest BCUT2D eigenvalue weighted by Gasteiger charge is 2.38. The molecule has 1 amide bonds. The standard InChI is InChI=1S/C16H20N6O3/c1-20-3-4-22-10(7-20)5-12(19-22)15(23)21-8-13-11(17-9-18-13)6-14(21)16(24)25-2/h5,9,14H,3-4,6-8H2,1-2H3,(H,17,18). The van der Waals surface area contributed by atoms with Gasteiger partial charge in [-0.3, -0.25) is 14.4 Å². The first kappa shape index (κ1) is 15.8. The van der Waals surface area contributed by atoms with E-state index in [-0.39, 0.29) is 12.5 Å². The average molecular weight is 344 g/mol. The van der Waals surface area contributed by atoms with E-state index >= 15 is 0 Å². The van der Waals surface area contributed by atoms with Gasteiger partial charge in [0.1, 0.15) is 6.04 Å². The van der Waals surface area contributed by atoms with Gasteiger partial charge in [-0.05, 0) is 13.1 Å². The van der Waals surface area contributed by atoms with Crippen molar-refractivity contribution in [2.24, 2.45) is 0 Å². The molecule has 4 heterocycles. The summed E-state index contributed by atoms with van der Waals surface area (Å²) >= 11 is 0. The van der Waals surface area contributed by atoms with E-state index in [4.69, 9.17) is 4.74 Å². The Bertz CT molecular complexity index is 826. The number of hydrogen-bond donors (Lipinski definition) is 1. The Morgan fingerprint density at radius 1 is 1.32 bits per heavy atom. The highest BCUT2D eigenvalue weighted by atomic mass is 16.5. The molecule has 2 aliphatic rings. The molecule has 2 aromatic rings. The van der Waals surface area contributed by atoms with Crippen LogP contribution in [0.1, 0.15) is 27.6 Å². The van der Waals surface area contributed by atoms with Gasteiger partial charge >= 0.3 is 5.97 Å². The number of nitrogens with one attached hydrogen (secondary N) is 1. The number of amides is 1. The molecule has 0 aromatic carbocycles. The molecule has 0 fully saturated rings. The first-order valence-electron chi connectivity index (χ1n) is 8.22. The van der Waals surface area contributed by atoms with Crippen LogP contribution in [0.25, 0.3) is 0 Å². The Morgan fingerprint density at radius 3 is 2.96 bits per heavy atom. The number of imidazole rings is 1. The van der Waals surface area contributed by atoms with E-state index in [1.165, 1.54) is 12.0 Å². The van der Waals surface area contributed by atoms with E-state index in [9.17, 15) is 9.59 Å². The van der Waals surface area contributed by atoms with Crippen molar-refractivity contribution >= 4 is 11.9 Å². The minimum atomic E-state index is -0.685. The molecule has 1 N–H and O–H groups in total. The summed E-state index contributed by atoms with van der Waals surface area (Å²) in [6, 6.07) is 1.13. The van der Waals surface area contributed by atoms with Crippen molar-refractivity contribution in [2.45, 2.75) is 32.1 Å². The van der Waals surface area contributed by atoms with E-state index in [1.807, 2.05) is 17.8 Å². The summed E-state index contributed by atoms with van der Waals surface area (Å²) in [6.45, 7) is 2.69. The Labute approximate surface area is 144 Å². The van der Waals surface area contributed by atoms with Crippen LogP contribution in [-0.4, -0.2) is 68.2 Å². The number of nitrogens with zero attached hydrogens (tertiary/aromatic N) is 5. The lowest BCUT2D eigenvalue weighted by molar-refractivity contribution is -0.146. The van der Waals surface area contributed by atoms with Gasteiger partial charge in [-0.1, -0.05) is 0 Å². The molecule has 0 bridgehead atoms. The maximum Gasteiger partial charge on any atom is 0.329 e. The predicted octanol–water partition coefficient (Wildman–Crippen LogP) is -0.208. The summed E-state index contributed by atoms with van der Waals surface area (Å²) in [4.78, 5) is 36.2. The molecular weight excluding hydrogens is 324 g/mol. The van der Waals surface area contributed by atoms with Crippen LogP contribution < -0.4 is 0 Å². The number of hydrogen-bond acceptors (Lipinski definition) is 6. The quantitative estimate of drug-likeness (QED) is 0.758. The normalized spacial score (nSPS) is 20.1. The number of carbonyl (C=O) groups excluding carboxylic acids is 2. The molecule has 0 aliphatic carbocycles. The molecule has 0 radical (unpaired) electrons. The van der Waals surface area contributed by atoms with Crippen LogP contribution in [0.4, 0.5) is 0 Å². The van der Waals surface area contributed by atoms with E-state index in [0.29, 0.717) is 12.1 Å². The van der Waals surface area contributed by atoms with E-state index < -0.39 is 12.0 Å². The molecule has 0 spiro atoms. The zero-order chi connectivity index (χ0) is 17.6. The van der Waals surface area contributed by atoms with Crippen LogP contribution in [0.15, 0.2) is 12.4 Å². The monoisotopic (exact) mass is 344 g/mol. The first-order valence-corrected chi connectivity index (χ1v) is 8.22. The summed E-state index contributed by atoms with van der Waals surface area (Å²) in [5.74, 6) is -0.703. The molecular formula is C16H20N6O3. The number of fused-ring (bicyclic) bond motifs is 2. The number of methoxy groups -OCH3 is 1. The SMILES string of the molecule is COC(=O)C1Cc2nc[nH]c2CN1C(=O)c1cc2n(n1)CCN(C)C2. The van der Waals surface area contributed by atoms with Crippen LogP contribution in [0.5, 0.6) is 0 Å². The average Bonchev–Trinajstić information content (AvgIpc) is 3.24. The molecule has 2 aromatic heterocycles. The maximum absolute atomic E-state index is 13.1. The Balaban J connectivity index is 1.64. The third-order valence-corrected chi connectivity index (χ3v) is 4.84. The van der Waals surface area contributed by atoms with Gasteiger partial charge in [0.05, 0.1) is 43.6 Å². The van der Waals surface area contributed by atoms with E-state index in [1.54, 1.807) is 6.33 Å². The molecule has 1 unspecified atom stereocenters. The lowest BCUT2D eigenvalue weighted by atomic mass is 10.0. The number of esters is 1. The van der Waals surface area contributed by atoms with Crippen molar-refractivity contribution in [1.29, 1.82) is 0 Å². The molecule has 9 heteroatoms. The van der Waals surface area contributed by atoms with Crippen molar-refractivity contribution in [3.63, 3.8) is 0 Å². The number of aromatic amines is 1. The fourth-order valence-corrected chi connectivity index (χ4v) is 3.44. The number of rotatable bonds is 2. The molecule has 2 aliphatic heterocycles. The molecule has 0 saturated carbocycles. The van der Waals surface area contributed by atoms with E-state index in [0.717, 1.165) is 36.7 Å². The minimum Gasteiger partial charge on any atom is -0.467 e. The highest BCUT2D eigenvalue weighted by Crippen LogP contribution is 2.24. The summed E-state index contributed by atoms with van der Waals surface area (Å²) < 4.78 is 6.76. The van der Waals surface area contributed by atoms with Crippen LogP contribution >= 0.6 is 0 Å². The summed E-state index contributed by atoms with van der Waals surface area (Å²) in [5, 5.41) is 4.44. The fraction of sp³-hybridized carbons (Fsp3) is 0.500. The first-order chi connectivity index (χ1) is 12.1. The predicted molar refractivity (Wildman–Crippen MR) is 86.5 cm³/mol. The number of ether oxygens (including phenoxy) is 1. The van der Waals surface area contributed by atoms with Gasteiger partial charge in [-0.2, -0.15) is 5.10 Å². The lowest BCUT2D eigenvalue weighted by Crippen LogP contribution is -2.49. The number of aromatic nitrogens is 4. The van der Waals surface area contributed by atoms with Crippen molar-refractivity contribution in [1.82, 2.24) is 29.5 Å². The van der Waals surface area contributed by atoms with Crippen molar-refractivity contribution in [2.75, 3.05) is 20.7 Å². The summed E-state index contributed by atoms with van der Waals surface area (Å²) in [6.07, 6.45) is 1.92. The minimum absolute atomic E-state index is 0.264. The molecule has 4 rings (SSSR count). The second kappa shape index (κ2) is 5.99. The maximum atomic E-state index is 13.1. The molecule has 1 atom stereocenters. The second-order valence-corrected chi connectivity index (χ2v) is 6.49. The summed E-state index contributed by atoms with van der Waals surface area (Å²) in [5.41, 5.74) is 3.01.